The predicted octanol–water partition coefficient (Wildman–Crippen LogP) is 2.79. The Bertz CT molecular complexity index is 602. The molecule has 0 fully saturated rings. The summed E-state index contributed by atoms with van der Waals surface area (Å²) >= 11 is 0. The van der Waals surface area contributed by atoms with E-state index in [2.05, 4.69) is 16.1 Å². The molecule has 4 heteroatoms. The molecule has 2 rings (SSSR count). The van der Waals surface area contributed by atoms with Crippen molar-refractivity contribution in [1.82, 2.24) is 0 Å². The minimum Gasteiger partial charge on any atom is -0.211 e. The number of hydrogen-bond donors (Lipinski definition) is 0. The predicted molar refractivity (Wildman–Crippen MR) is 71.7 cm³/mol. The SMILES string of the molecule is O=C=Nc1ccc(CC2=CC[C@H](N=C=O)C=C2)cc1. The molecule has 0 heterocycles. The second-order valence-corrected chi connectivity index (χ2v) is 4.21. The van der Waals surface area contributed by atoms with Crippen molar-refractivity contribution in [2.24, 2.45) is 9.98 Å². The first-order chi connectivity index (χ1) is 9.31. The summed E-state index contributed by atoms with van der Waals surface area (Å²) in [5, 5.41) is 0. The van der Waals surface area contributed by atoms with Gasteiger partial charge in [-0.1, -0.05) is 30.4 Å². The quantitative estimate of drug-likeness (QED) is 0.611. The lowest BCUT2D eigenvalue weighted by atomic mass is 9.97. The van der Waals surface area contributed by atoms with Crippen LogP contribution in [0.1, 0.15) is 12.0 Å². The van der Waals surface area contributed by atoms with Gasteiger partial charge in [0.1, 0.15) is 0 Å². The van der Waals surface area contributed by atoms with Crippen molar-refractivity contribution >= 4 is 17.8 Å². The molecule has 0 aromatic heterocycles. The average Bonchev–Trinajstić information content (AvgIpc) is 2.44. The third-order valence-electron chi connectivity index (χ3n) is 2.89. The van der Waals surface area contributed by atoms with Gasteiger partial charge in [0.05, 0.1) is 11.7 Å². The van der Waals surface area contributed by atoms with Crippen molar-refractivity contribution in [3.8, 4) is 0 Å². The maximum atomic E-state index is 10.1. The highest BCUT2D eigenvalue weighted by Gasteiger charge is 2.07. The first-order valence-corrected chi connectivity index (χ1v) is 5.93. The number of hydrogen-bond acceptors (Lipinski definition) is 4. The molecule has 0 spiro atoms. The molecular formula is C15H12N2O2. The van der Waals surface area contributed by atoms with Crippen LogP contribution >= 0.6 is 0 Å². The fourth-order valence-electron chi connectivity index (χ4n) is 1.92. The molecule has 0 unspecified atom stereocenters. The smallest absolute Gasteiger partial charge is 0.211 e. The third kappa shape index (κ3) is 3.71. The highest BCUT2D eigenvalue weighted by molar-refractivity contribution is 5.49. The van der Waals surface area contributed by atoms with Gasteiger partial charge in [-0.3, -0.25) is 0 Å². The van der Waals surface area contributed by atoms with E-state index >= 15 is 0 Å². The lowest BCUT2D eigenvalue weighted by Crippen LogP contribution is -2.03. The Morgan fingerprint density at radius 3 is 2.53 bits per heavy atom. The van der Waals surface area contributed by atoms with E-state index in [9.17, 15) is 9.59 Å². The second kappa shape index (κ2) is 6.41. The first-order valence-electron chi connectivity index (χ1n) is 5.93. The van der Waals surface area contributed by atoms with Crippen LogP contribution in [-0.4, -0.2) is 18.2 Å². The Kier molecular flexibility index (Phi) is 4.35. The number of benzene rings is 1. The summed E-state index contributed by atoms with van der Waals surface area (Å²) in [6.07, 6.45) is 10.6. The van der Waals surface area contributed by atoms with Gasteiger partial charge in [0, 0.05) is 0 Å². The van der Waals surface area contributed by atoms with Gasteiger partial charge in [-0.05, 0) is 36.1 Å². The molecule has 0 aliphatic heterocycles. The zero-order chi connectivity index (χ0) is 13.5. The monoisotopic (exact) mass is 252 g/mol. The molecule has 0 N–H and O–H groups in total. The fraction of sp³-hybridized carbons (Fsp3) is 0.200. The molecular weight excluding hydrogens is 240 g/mol. The Labute approximate surface area is 110 Å². The lowest BCUT2D eigenvalue weighted by Gasteiger charge is -2.11. The van der Waals surface area contributed by atoms with Crippen molar-refractivity contribution in [2.45, 2.75) is 18.9 Å². The molecule has 94 valence electrons. The van der Waals surface area contributed by atoms with Crippen molar-refractivity contribution in [2.75, 3.05) is 0 Å². The summed E-state index contributed by atoms with van der Waals surface area (Å²) in [7, 11) is 0. The van der Waals surface area contributed by atoms with Crippen LogP contribution in [0, 0.1) is 0 Å². The van der Waals surface area contributed by atoms with Crippen molar-refractivity contribution in [3.05, 3.63) is 53.6 Å². The topological polar surface area (TPSA) is 58.9 Å². The van der Waals surface area contributed by atoms with Crippen molar-refractivity contribution < 1.29 is 9.59 Å². The van der Waals surface area contributed by atoms with Crippen LogP contribution in [0.3, 0.4) is 0 Å². The summed E-state index contributed by atoms with van der Waals surface area (Å²) in [5.41, 5.74) is 2.93. The van der Waals surface area contributed by atoms with Gasteiger partial charge in [0.2, 0.25) is 12.2 Å². The van der Waals surface area contributed by atoms with Crippen LogP contribution in [0.25, 0.3) is 0 Å². The average molecular weight is 252 g/mol. The summed E-state index contributed by atoms with van der Waals surface area (Å²) in [6.45, 7) is 0. The molecule has 1 aromatic rings. The summed E-state index contributed by atoms with van der Waals surface area (Å²) in [6, 6.07) is 7.35. The maximum Gasteiger partial charge on any atom is 0.240 e. The number of rotatable bonds is 4. The van der Waals surface area contributed by atoms with E-state index in [0.29, 0.717) is 5.69 Å². The Morgan fingerprint density at radius 1 is 1.16 bits per heavy atom. The minimum atomic E-state index is -0.0782. The van der Waals surface area contributed by atoms with Crippen molar-refractivity contribution in [1.29, 1.82) is 0 Å². The molecule has 19 heavy (non-hydrogen) atoms. The van der Waals surface area contributed by atoms with E-state index in [1.165, 1.54) is 11.7 Å². The Morgan fingerprint density at radius 2 is 1.95 bits per heavy atom. The summed E-state index contributed by atoms with van der Waals surface area (Å²) < 4.78 is 0. The molecule has 0 bridgehead atoms. The van der Waals surface area contributed by atoms with Crippen LogP contribution in [0.5, 0.6) is 0 Å². The lowest BCUT2D eigenvalue weighted by molar-refractivity contribution is 0.560. The van der Waals surface area contributed by atoms with E-state index in [1.807, 2.05) is 24.3 Å². The van der Waals surface area contributed by atoms with Gasteiger partial charge >= 0.3 is 0 Å². The van der Waals surface area contributed by atoms with Gasteiger partial charge in [-0.25, -0.2) is 9.59 Å². The minimum absolute atomic E-state index is 0.0782. The van der Waals surface area contributed by atoms with E-state index in [0.717, 1.165) is 18.4 Å². The standard InChI is InChI=1S/C15H12N2O2/c18-10-16-14-5-1-12(2-6-14)9-13-3-7-15(8-4-13)17-11-19/h1-7,15H,8-9H2/t15-/m1/s1. The molecule has 0 saturated heterocycles. The summed E-state index contributed by atoms with van der Waals surface area (Å²) in [5.74, 6) is 0. The largest absolute Gasteiger partial charge is 0.240 e. The number of isocyanates is 2. The number of aliphatic imine (C=N–C) groups is 2. The molecule has 0 saturated carbocycles. The number of carbonyl (C=O) groups excluding carboxylic acids is 2. The summed E-state index contributed by atoms with van der Waals surface area (Å²) in [4.78, 5) is 27.5. The van der Waals surface area contributed by atoms with Crippen LogP contribution in [0.4, 0.5) is 5.69 Å². The highest BCUT2D eigenvalue weighted by atomic mass is 16.1. The zero-order valence-electron chi connectivity index (χ0n) is 10.2. The number of allylic oxidation sites excluding steroid dienone is 2. The molecule has 1 aromatic carbocycles. The molecule has 4 nitrogen and oxygen atoms in total. The highest BCUT2D eigenvalue weighted by Crippen LogP contribution is 2.19. The first kappa shape index (κ1) is 12.9. The fourth-order valence-corrected chi connectivity index (χ4v) is 1.92. The second-order valence-electron chi connectivity index (χ2n) is 4.21. The van der Waals surface area contributed by atoms with Gasteiger partial charge in [0.15, 0.2) is 0 Å². The molecule has 0 radical (unpaired) electrons. The number of nitrogens with zero attached hydrogens (tertiary/aromatic N) is 2. The van der Waals surface area contributed by atoms with Gasteiger partial charge in [-0.15, -0.1) is 0 Å². The molecule has 1 aliphatic rings. The third-order valence-corrected chi connectivity index (χ3v) is 2.89. The Hall–Kier alpha value is -2.54. The van der Waals surface area contributed by atoms with Crippen LogP contribution in [-0.2, 0) is 16.0 Å². The zero-order valence-corrected chi connectivity index (χ0v) is 10.2. The van der Waals surface area contributed by atoms with Gasteiger partial charge in [0.25, 0.3) is 0 Å². The van der Waals surface area contributed by atoms with E-state index in [1.54, 1.807) is 18.2 Å². The maximum absolute atomic E-state index is 10.1. The van der Waals surface area contributed by atoms with Crippen LogP contribution in [0.2, 0.25) is 0 Å². The van der Waals surface area contributed by atoms with Crippen molar-refractivity contribution in [3.63, 3.8) is 0 Å². The van der Waals surface area contributed by atoms with Gasteiger partial charge in [-0.2, -0.15) is 9.98 Å². The van der Waals surface area contributed by atoms with Crippen LogP contribution in [0.15, 0.2) is 58.1 Å². The molecule has 1 aliphatic carbocycles. The Balaban J connectivity index is 2.01. The van der Waals surface area contributed by atoms with E-state index in [-0.39, 0.29) is 6.04 Å². The normalized spacial score (nSPS) is 17.1. The van der Waals surface area contributed by atoms with Gasteiger partial charge < -0.3 is 0 Å². The van der Waals surface area contributed by atoms with E-state index in [4.69, 9.17) is 0 Å². The van der Waals surface area contributed by atoms with E-state index < -0.39 is 0 Å². The molecule has 1 atom stereocenters. The molecule has 0 amide bonds. The van der Waals surface area contributed by atoms with Crippen LogP contribution < -0.4 is 0 Å².